The molecule has 0 saturated heterocycles. The lowest BCUT2D eigenvalue weighted by Crippen LogP contribution is -2.39. The van der Waals surface area contributed by atoms with Crippen molar-refractivity contribution in [2.75, 3.05) is 19.7 Å². The number of halogens is 1. The maximum Gasteiger partial charge on any atom is 0.325 e. The minimum Gasteiger partial charge on any atom is -0.465 e. The van der Waals surface area contributed by atoms with Gasteiger partial charge in [0.2, 0.25) is 5.91 Å². The van der Waals surface area contributed by atoms with Crippen molar-refractivity contribution in [1.82, 2.24) is 10.6 Å². The number of nitrogens with one attached hydrogen (secondary N) is 2. The highest BCUT2D eigenvalue weighted by atomic mass is 35.5. The zero-order valence-electron chi connectivity index (χ0n) is 10.9. The smallest absolute Gasteiger partial charge is 0.325 e. The van der Waals surface area contributed by atoms with Crippen LogP contribution in [0.25, 0.3) is 0 Å². The number of hydrogen-bond acceptors (Lipinski definition) is 4. The highest BCUT2D eigenvalue weighted by Crippen LogP contribution is 2.10. The molecule has 1 aromatic rings. The third-order valence-electron chi connectivity index (χ3n) is 2.23. The van der Waals surface area contributed by atoms with Crippen LogP contribution in [0.15, 0.2) is 24.3 Å². The molecule has 0 aliphatic rings. The Balaban J connectivity index is 2.34. The van der Waals surface area contributed by atoms with E-state index < -0.39 is 17.8 Å². The Morgan fingerprint density at radius 3 is 2.60 bits per heavy atom. The van der Waals surface area contributed by atoms with Crippen LogP contribution in [0, 0.1) is 0 Å². The van der Waals surface area contributed by atoms with Gasteiger partial charge in [0.25, 0.3) is 5.91 Å². The van der Waals surface area contributed by atoms with Gasteiger partial charge < -0.3 is 15.4 Å². The topological polar surface area (TPSA) is 84.5 Å². The number of amides is 2. The van der Waals surface area contributed by atoms with Crippen LogP contribution in [-0.2, 0) is 14.3 Å². The fraction of sp³-hybridized carbons (Fsp3) is 0.308. The van der Waals surface area contributed by atoms with Crippen molar-refractivity contribution >= 4 is 29.4 Å². The van der Waals surface area contributed by atoms with Crippen LogP contribution < -0.4 is 10.6 Å². The van der Waals surface area contributed by atoms with Gasteiger partial charge in [-0.3, -0.25) is 14.4 Å². The summed E-state index contributed by atoms with van der Waals surface area (Å²) in [5.74, 6) is -1.42. The second-order valence-corrected chi connectivity index (χ2v) is 4.21. The normalized spacial score (nSPS) is 9.70. The Kier molecular flexibility index (Phi) is 6.52. The van der Waals surface area contributed by atoms with Crippen molar-refractivity contribution < 1.29 is 19.1 Å². The molecular weight excluding hydrogens is 284 g/mol. The van der Waals surface area contributed by atoms with Gasteiger partial charge in [0.1, 0.15) is 6.54 Å². The molecule has 20 heavy (non-hydrogen) atoms. The number of ether oxygens (including phenoxy) is 1. The maximum atomic E-state index is 11.7. The van der Waals surface area contributed by atoms with E-state index in [4.69, 9.17) is 11.6 Å². The summed E-state index contributed by atoms with van der Waals surface area (Å²) in [6.45, 7) is 1.47. The summed E-state index contributed by atoms with van der Waals surface area (Å²) >= 11 is 5.76. The Labute approximate surface area is 121 Å². The van der Waals surface area contributed by atoms with Gasteiger partial charge in [-0.05, 0) is 25.1 Å². The van der Waals surface area contributed by atoms with Crippen LogP contribution in [-0.4, -0.2) is 37.5 Å². The molecule has 1 rings (SSSR count). The van der Waals surface area contributed by atoms with E-state index in [2.05, 4.69) is 15.4 Å². The number of hydrogen-bond donors (Lipinski definition) is 2. The minimum atomic E-state index is -0.526. The molecule has 0 fully saturated rings. The van der Waals surface area contributed by atoms with Crippen molar-refractivity contribution in [1.29, 1.82) is 0 Å². The highest BCUT2D eigenvalue weighted by molar-refractivity contribution is 6.30. The van der Waals surface area contributed by atoms with Gasteiger partial charge in [-0.1, -0.05) is 17.7 Å². The fourth-order valence-corrected chi connectivity index (χ4v) is 1.53. The molecule has 0 aliphatic carbocycles. The molecule has 0 atom stereocenters. The SMILES string of the molecule is CCOC(=O)CNC(=O)CNC(=O)c1cccc(Cl)c1. The molecule has 0 unspecified atom stereocenters. The molecule has 0 aliphatic heterocycles. The van der Waals surface area contributed by atoms with E-state index >= 15 is 0 Å². The lowest BCUT2D eigenvalue weighted by atomic mass is 10.2. The summed E-state index contributed by atoms with van der Waals surface area (Å²) < 4.78 is 4.64. The van der Waals surface area contributed by atoms with Crippen LogP contribution >= 0.6 is 11.6 Å². The van der Waals surface area contributed by atoms with Crippen molar-refractivity contribution in [3.05, 3.63) is 34.9 Å². The van der Waals surface area contributed by atoms with Crippen LogP contribution in [0.3, 0.4) is 0 Å². The molecule has 0 heterocycles. The molecule has 0 aromatic heterocycles. The number of esters is 1. The van der Waals surface area contributed by atoms with Crippen LogP contribution in [0.5, 0.6) is 0 Å². The molecule has 6 nitrogen and oxygen atoms in total. The molecule has 7 heteroatoms. The maximum absolute atomic E-state index is 11.7. The predicted molar refractivity (Wildman–Crippen MR) is 73.4 cm³/mol. The molecule has 1 aromatic carbocycles. The molecule has 0 saturated carbocycles. The predicted octanol–water partition coefficient (Wildman–Crippen LogP) is 0.749. The first-order valence-corrected chi connectivity index (χ1v) is 6.36. The lowest BCUT2D eigenvalue weighted by molar-refractivity contribution is -0.143. The highest BCUT2D eigenvalue weighted by Gasteiger charge is 2.09. The number of carbonyl (C=O) groups is 3. The van der Waals surface area contributed by atoms with E-state index in [1.807, 2.05) is 0 Å². The number of benzene rings is 1. The first-order valence-electron chi connectivity index (χ1n) is 5.99. The summed E-state index contributed by atoms with van der Waals surface area (Å²) in [5, 5.41) is 5.19. The van der Waals surface area contributed by atoms with Gasteiger partial charge in [-0.15, -0.1) is 0 Å². The number of carbonyl (C=O) groups excluding carboxylic acids is 3. The summed E-state index contributed by atoms with van der Waals surface area (Å²) in [4.78, 5) is 34.1. The van der Waals surface area contributed by atoms with Gasteiger partial charge >= 0.3 is 5.97 Å². The summed E-state index contributed by atoms with van der Waals surface area (Å²) in [6.07, 6.45) is 0. The molecule has 0 spiro atoms. The number of rotatable bonds is 6. The van der Waals surface area contributed by atoms with E-state index in [9.17, 15) is 14.4 Å². The Hall–Kier alpha value is -2.08. The van der Waals surface area contributed by atoms with Crippen LogP contribution in [0.1, 0.15) is 17.3 Å². The molecule has 2 amide bonds. The Morgan fingerprint density at radius 1 is 1.20 bits per heavy atom. The molecular formula is C13H15ClN2O4. The third-order valence-corrected chi connectivity index (χ3v) is 2.47. The summed E-state index contributed by atoms with van der Waals surface area (Å²) in [6, 6.07) is 6.35. The van der Waals surface area contributed by atoms with E-state index in [-0.39, 0.29) is 19.7 Å². The van der Waals surface area contributed by atoms with Crippen molar-refractivity contribution in [3.8, 4) is 0 Å². The Morgan fingerprint density at radius 2 is 1.95 bits per heavy atom. The quantitative estimate of drug-likeness (QED) is 0.759. The Bertz CT molecular complexity index is 505. The largest absolute Gasteiger partial charge is 0.465 e. The third kappa shape index (κ3) is 5.71. The summed E-state index contributed by atoms with van der Waals surface area (Å²) in [5.41, 5.74) is 0.357. The second kappa shape index (κ2) is 8.16. The first-order chi connectivity index (χ1) is 9.52. The van der Waals surface area contributed by atoms with Crippen molar-refractivity contribution in [2.45, 2.75) is 6.92 Å². The summed E-state index contributed by atoms with van der Waals surface area (Å²) in [7, 11) is 0. The van der Waals surface area contributed by atoms with Gasteiger partial charge in [-0.2, -0.15) is 0 Å². The zero-order valence-corrected chi connectivity index (χ0v) is 11.7. The molecule has 108 valence electrons. The van der Waals surface area contributed by atoms with Crippen molar-refractivity contribution in [2.24, 2.45) is 0 Å². The van der Waals surface area contributed by atoms with Crippen molar-refractivity contribution in [3.63, 3.8) is 0 Å². The van der Waals surface area contributed by atoms with E-state index in [0.29, 0.717) is 10.6 Å². The van der Waals surface area contributed by atoms with E-state index in [1.165, 1.54) is 6.07 Å². The molecule has 2 N–H and O–H groups in total. The van der Waals surface area contributed by atoms with E-state index in [0.717, 1.165) is 0 Å². The average molecular weight is 299 g/mol. The lowest BCUT2D eigenvalue weighted by Gasteiger charge is -2.07. The van der Waals surface area contributed by atoms with Gasteiger partial charge in [-0.25, -0.2) is 0 Å². The molecule has 0 radical (unpaired) electrons. The van der Waals surface area contributed by atoms with Crippen LogP contribution in [0.4, 0.5) is 0 Å². The fourth-order valence-electron chi connectivity index (χ4n) is 1.34. The van der Waals surface area contributed by atoms with Gasteiger partial charge in [0.05, 0.1) is 13.2 Å². The zero-order chi connectivity index (χ0) is 15.0. The van der Waals surface area contributed by atoms with Crippen LogP contribution in [0.2, 0.25) is 5.02 Å². The standard InChI is InChI=1S/C13H15ClN2O4/c1-2-20-12(18)8-15-11(17)7-16-13(19)9-4-3-5-10(14)6-9/h3-6H,2,7-8H2,1H3,(H,15,17)(H,16,19). The van der Waals surface area contributed by atoms with E-state index in [1.54, 1.807) is 25.1 Å². The average Bonchev–Trinajstić information content (AvgIpc) is 2.43. The second-order valence-electron chi connectivity index (χ2n) is 3.77. The molecule has 0 bridgehead atoms. The van der Waals surface area contributed by atoms with Gasteiger partial charge in [0.15, 0.2) is 0 Å². The first kappa shape index (κ1) is 16.0. The van der Waals surface area contributed by atoms with Gasteiger partial charge in [0, 0.05) is 10.6 Å². The monoisotopic (exact) mass is 298 g/mol. The minimum absolute atomic E-state index is 0.223.